The maximum Gasteiger partial charge on any atom is 0.295 e. The van der Waals surface area contributed by atoms with Crippen molar-refractivity contribution in [3.05, 3.63) is 71.1 Å². The highest BCUT2D eigenvalue weighted by Gasteiger charge is 2.45. The molecule has 6 heteroatoms. The summed E-state index contributed by atoms with van der Waals surface area (Å²) in [5.41, 5.74) is 2.56. The summed E-state index contributed by atoms with van der Waals surface area (Å²) in [7, 11) is 3.94. The molecule has 6 nitrogen and oxygen atoms in total. The smallest absolute Gasteiger partial charge is 0.295 e. The molecule has 1 aromatic carbocycles. The summed E-state index contributed by atoms with van der Waals surface area (Å²) >= 11 is 0. The van der Waals surface area contributed by atoms with Gasteiger partial charge in [0.2, 0.25) is 0 Å². The summed E-state index contributed by atoms with van der Waals surface area (Å²) in [5.74, 6) is -1.39. The number of carbonyl (C=O) groups is 2. The van der Waals surface area contributed by atoms with Crippen LogP contribution >= 0.6 is 0 Å². The largest absolute Gasteiger partial charge is 0.507 e. The van der Waals surface area contributed by atoms with Gasteiger partial charge in [-0.15, -0.1) is 0 Å². The molecular weight excluding hydrogens is 390 g/mol. The van der Waals surface area contributed by atoms with Crippen LogP contribution in [-0.4, -0.2) is 58.8 Å². The number of aromatic nitrogens is 1. The van der Waals surface area contributed by atoms with Gasteiger partial charge in [-0.1, -0.05) is 45.0 Å². The lowest BCUT2D eigenvalue weighted by atomic mass is 9.85. The number of carbonyl (C=O) groups excluding carboxylic acids is 2. The molecule has 3 rings (SSSR count). The number of ketones is 1. The van der Waals surface area contributed by atoms with Gasteiger partial charge in [-0.25, -0.2) is 0 Å². The Morgan fingerprint density at radius 3 is 2.23 bits per heavy atom. The number of likely N-dealkylation sites (tertiary alicyclic amines) is 1. The van der Waals surface area contributed by atoms with Gasteiger partial charge in [0.15, 0.2) is 0 Å². The summed E-state index contributed by atoms with van der Waals surface area (Å²) in [4.78, 5) is 33.5. The number of aliphatic hydroxyl groups excluding tert-OH is 1. The topological polar surface area (TPSA) is 73.7 Å². The maximum atomic E-state index is 13.0. The summed E-state index contributed by atoms with van der Waals surface area (Å²) < 4.78 is 0. The van der Waals surface area contributed by atoms with Crippen LogP contribution in [0.1, 0.15) is 49.9 Å². The molecule has 1 saturated heterocycles. The first-order valence-corrected chi connectivity index (χ1v) is 10.5. The van der Waals surface area contributed by atoms with Crippen molar-refractivity contribution in [2.24, 2.45) is 0 Å². The standard InChI is InChI=1S/C25H31N3O3/c1-25(2,3)19-9-7-17(8-10-19)21-20(22(29)18-11-13-26-14-12-18)23(30)24(31)28(21)16-6-15-27(4)5/h7-14,21,29H,6,15-16H2,1-5H3/b22-20-. The number of amides is 1. The number of aliphatic hydroxyl groups is 1. The van der Waals surface area contributed by atoms with Crippen LogP contribution in [0.25, 0.3) is 5.76 Å². The fourth-order valence-corrected chi connectivity index (χ4v) is 3.85. The van der Waals surface area contributed by atoms with Gasteiger partial charge in [-0.3, -0.25) is 14.6 Å². The Balaban J connectivity index is 2.08. The molecule has 1 aromatic heterocycles. The Hall–Kier alpha value is -2.99. The minimum absolute atomic E-state index is 0.0108. The van der Waals surface area contributed by atoms with E-state index in [-0.39, 0.29) is 16.7 Å². The Labute approximate surface area is 184 Å². The summed E-state index contributed by atoms with van der Waals surface area (Å²) in [5, 5.41) is 11.0. The molecule has 0 aliphatic carbocycles. The highest BCUT2D eigenvalue weighted by molar-refractivity contribution is 6.46. The third-order valence-corrected chi connectivity index (χ3v) is 5.59. The summed E-state index contributed by atoms with van der Waals surface area (Å²) in [6.07, 6.45) is 3.83. The normalized spacial score (nSPS) is 18.8. The molecule has 2 aromatic rings. The van der Waals surface area contributed by atoms with Crippen LogP contribution in [0.2, 0.25) is 0 Å². The van der Waals surface area contributed by atoms with Crippen molar-refractivity contribution in [1.29, 1.82) is 0 Å². The molecule has 1 N–H and O–H groups in total. The average molecular weight is 422 g/mol. The fraction of sp³-hybridized carbons (Fsp3) is 0.400. The van der Waals surface area contributed by atoms with Crippen LogP contribution in [-0.2, 0) is 15.0 Å². The van der Waals surface area contributed by atoms with Gasteiger partial charge in [-0.2, -0.15) is 0 Å². The predicted octanol–water partition coefficient (Wildman–Crippen LogP) is 3.75. The van der Waals surface area contributed by atoms with E-state index in [1.165, 1.54) is 0 Å². The highest BCUT2D eigenvalue weighted by atomic mass is 16.3. The second-order valence-corrected chi connectivity index (χ2v) is 9.26. The van der Waals surface area contributed by atoms with Gasteiger partial charge >= 0.3 is 0 Å². The highest BCUT2D eigenvalue weighted by Crippen LogP contribution is 2.40. The molecule has 1 amide bonds. The first-order valence-electron chi connectivity index (χ1n) is 10.5. The molecular formula is C25H31N3O3. The molecule has 2 heterocycles. The van der Waals surface area contributed by atoms with E-state index in [9.17, 15) is 14.7 Å². The van der Waals surface area contributed by atoms with Gasteiger partial charge in [0.05, 0.1) is 11.6 Å². The first-order chi connectivity index (χ1) is 14.6. The number of pyridine rings is 1. The quantitative estimate of drug-likeness (QED) is 0.437. The third kappa shape index (κ3) is 4.85. The Kier molecular flexibility index (Phi) is 6.60. The zero-order valence-corrected chi connectivity index (χ0v) is 18.9. The fourth-order valence-electron chi connectivity index (χ4n) is 3.85. The molecule has 1 atom stereocenters. The zero-order chi connectivity index (χ0) is 22.8. The number of Topliss-reactive ketones (excluding diaryl/α,β-unsaturated/α-hetero) is 1. The van der Waals surface area contributed by atoms with Crippen LogP contribution < -0.4 is 0 Å². The SMILES string of the molecule is CN(C)CCCN1C(=O)C(=O)/C(=C(\O)c2ccncc2)C1c1ccc(C(C)(C)C)cc1. The van der Waals surface area contributed by atoms with Gasteiger partial charge in [-0.05, 0) is 55.7 Å². The summed E-state index contributed by atoms with van der Waals surface area (Å²) in [6, 6.07) is 10.6. The first kappa shape index (κ1) is 22.7. The van der Waals surface area contributed by atoms with E-state index in [1.54, 1.807) is 29.4 Å². The van der Waals surface area contributed by atoms with Crippen LogP contribution in [0, 0.1) is 0 Å². The van der Waals surface area contributed by atoms with Crippen LogP contribution in [0.15, 0.2) is 54.4 Å². The Bertz CT molecular complexity index is 973. The van der Waals surface area contributed by atoms with Crippen molar-refractivity contribution >= 4 is 17.4 Å². The van der Waals surface area contributed by atoms with E-state index in [1.807, 2.05) is 43.3 Å². The molecule has 1 aliphatic heterocycles. The van der Waals surface area contributed by atoms with E-state index in [0.717, 1.165) is 24.1 Å². The van der Waals surface area contributed by atoms with E-state index in [2.05, 4.69) is 25.8 Å². The van der Waals surface area contributed by atoms with Crippen LogP contribution in [0.5, 0.6) is 0 Å². The van der Waals surface area contributed by atoms with Crippen molar-refractivity contribution in [1.82, 2.24) is 14.8 Å². The minimum Gasteiger partial charge on any atom is -0.507 e. The lowest BCUT2D eigenvalue weighted by Crippen LogP contribution is -2.32. The number of nitrogens with zero attached hydrogens (tertiary/aromatic N) is 3. The van der Waals surface area contributed by atoms with Crippen molar-refractivity contribution in [3.8, 4) is 0 Å². The van der Waals surface area contributed by atoms with Gasteiger partial charge in [0.25, 0.3) is 11.7 Å². The van der Waals surface area contributed by atoms with Crippen molar-refractivity contribution in [2.75, 3.05) is 27.2 Å². The van der Waals surface area contributed by atoms with E-state index >= 15 is 0 Å². The zero-order valence-electron chi connectivity index (χ0n) is 18.9. The number of hydrogen-bond acceptors (Lipinski definition) is 5. The van der Waals surface area contributed by atoms with Crippen LogP contribution in [0.4, 0.5) is 0 Å². The maximum absolute atomic E-state index is 13.0. The molecule has 1 unspecified atom stereocenters. The minimum atomic E-state index is -0.649. The second-order valence-electron chi connectivity index (χ2n) is 9.26. The lowest BCUT2D eigenvalue weighted by Gasteiger charge is -2.27. The molecule has 0 saturated carbocycles. The molecule has 1 aliphatic rings. The van der Waals surface area contributed by atoms with Crippen LogP contribution in [0.3, 0.4) is 0 Å². The third-order valence-electron chi connectivity index (χ3n) is 5.59. The van der Waals surface area contributed by atoms with E-state index in [0.29, 0.717) is 12.1 Å². The predicted molar refractivity (Wildman–Crippen MR) is 122 cm³/mol. The molecule has 0 bridgehead atoms. The summed E-state index contributed by atoms with van der Waals surface area (Å²) in [6.45, 7) is 7.64. The van der Waals surface area contributed by atoms with E-state index < -0.39 is 17.7 Å². The van der Waals surface area contributed by atoms with Gasteiger partial charge < -0.3 is 14.9 Å². The number of benzene rings is 1. The van der Waals surface area contributed by atoms with Crippen molar-refractivity contribution < 1.29 is 14.7 Å². The molecule has 0 spiro atoms. The van der Waals surface area contributed by atoms with Crippen molar-refractivity contribution in [2.45, 2.75) is 38.6 Å². The Morgan fingerprint density at radius 2 is 1.68 bits per heavy atom. The van der Waals surface area contributed by atoms with E-state index in [4.69, 9.17) is 0 Å². The molecule has 1 fully saturated rings. The second kappa shape index (κ2) is 9.02. The molecule has 31 heavy (non-hydrogen) atoms. The molecule has 0 radical (unpaired) electrons. The molecule has 164 valence electrons. The van der Waals surface area contributed by atoms with Gasteiger partial charge in [0.1, 0.15) is 5.76 Å². The Morgan fingerprint density at radius 1 is 1.06 bits per heavy atom. The van der Waals surface area contributed by atoms with Crippen molar-refractivity contribution in [3.63, 3.8) is 0 Å². The lowest BCUT2D eigenvalue weighted by molar-refractivity contribution is -0.139. The monoisotopic (exact) mass is 421 g/mol. The average Bonchev–Trinajstić information content (AvgIpc) is 2.98. The number of rotatable bonds is 6. The van der Waals surface area contributed by atoms with Gasteiger partial charge in [0, 0.05) is 24.5 Å². The number of hydrogen-bond donors (Lipinski definition) is 1.